The molecule has 0 atom stereocenters. The number of allylic oxidation sites excluding steroid dienone is 1. The lowest BCUT2D eigenvalue weighted by Gasteiger charge is -2.28. The van der Waals surface area contributed by atoms with Crippen LogP contribution in [0.15, 0.2) is 30.1 Å². The van der Waals surface area contributed by atoms with E-state index in [1.165, 1.54) is 6.92 Å². The highest BCUT2D eigenvalue weighted by molar-refractivity contribution is 5.75. The van der Waals surface area contributed by atoms with Gasteiger partial charge in [0.25, 0.3) is 0 Å². The van der Waals surface area contributed by atoms with Gasteiger partial charge in [-0.15, -0.1) is 0 Å². The van der Waals surface area contributed by atoms with Crippen molar-refractivity contribution in [2.45, 2.75) is 59.9 Å². The number of carbonyl (C=O) groups excluding carboxylic acids is 1. The molecule has 0 spiro atoms. The molecule has 0 fully saturated rings. The Balaban J connectivity index is 2.66. The van der Waals surface area contributed by atoms with E-state index in [4.69, 9.17) is 11.6 Å². The molecule has 6 nitrogen and oxygen atoms in total. The zero-order valence-electron chi connectivity index (χ0n) is 18.8. The number of rotatable bonds is 6. The fourth-order valence-corrected chi connectivity index (χ4v) is 3.64. The smallest absolute Gasteiger partial charge is 0.217 e. The Hall–Kier alpha value is -2.93. The fourth-order valence-electron chi connectivity index (χ4n) is 3.64. The second-order valence-corrected chi connectivity index (χ2v) is 8.42. The molecule has 2 rings (SSSR count). The predicted molar refractivity (Wildman–Crippen MR) is 119 cm³/mol. The molecule has 0 radical (unpaired) electrons. The van der Waals surface area contributed by atoms with Crippen molar-refractivity contribution < 1.29 is 9.18 Å². The Kier molecular flexibility index (Phi) is 6.87. The third-order valence-electron chi connectivity index (χ3n) is 5.17. The molecule has 0 aliphatic heterocycles. The standard InChI is InChI=1S/C23H32FN5O/c1-12(2)18-10-16(21(29-26)14(4)25)11-27-22(18)17-8-9-19(20(24)13(17)3)23(6,7)28-15(5)30/h8-12,29H,25-26H2,1-7H3,(H,28,30)/b21-14-. The Bertz CT molecular complexity index is 991. The summed E-state index contributed by atoms with van der Waals surface area (Å²) < 4.78 is 15.4. The van der Waals surface area contributed by atoms with Gasteiger partial charge in [-0.25, -0.2) is 4.39 Å². The summed E-state index contributed by atoms with van der Waals surface area (Å²) in [6.07, 6.45) is 1.68. The number of aromatic nitrogens is 1. The van der Waals surface area contributed by atoms with Crippen molar-refractivity contribution in [2.75, 3.05) is 0 Å². The molecule has 1 amide bonds. The highest BCUT2D eigenvalue weighted by Crippen LogP contribution is 2.35. The Morgan fingerprint density at radius 1 is 1.23 bits per heavy atom. The predicted octanol–water partition coefficient (Wildman–Crippen LogP) is 3.80. The van der Waals surface area contributed by atoms with Crippen molar-refractivity contribution >= 4 is 11.6 Å². The third kappa shape index (κ3) is 4.62. The fraction of sp³-hybridized carbons (Fsp3) is 0.391. The van der Waals surface area contributed by atoms with Crippen LogP contribution >= 0.6 is 0 Å². The van der Waals surface area contributed by atoms with Gasteiger partial charge in [-0.1, -0.05) is 26.0 Å². The minimum Gasteiger partial charge on any atom is -0.401 e. The number of hydrogen-bond acceptors (Lipinski definition) is 5. The van der Waals surface area contributed by atoms with Gasteiger partial charge in [0.2, 0.25) is 5.91 Å². The number of halogens is 1. The maximum atomic E-state index is 15.4. The number of nitrogens with two attached hydrogens (primary N) is 2. The van der Waals surface area contributed by atoms with Gasteiger partial charge in [-0.3, -0.25) is 15.6 Å². The van der Waals surface area contributed by atoms with Crippen molar-refractivity contribution in [3.05, 3.63) is 58.2 Å². The lowest BCUT2D eigenvalue weighted by Crippen LogP contribution is -2.40. The average Bonchev–Trinajstić information content (AvgIpc) is 2.63. The number of hydrogen-bond donors (Lipinski definition) is 4. The zero-order valence-corrected chi connectivity index (χ0v) is 18.8. The highest BCUT2D eigenvalue weighted by atomic mass is 19.1. The van der Waals surface area contributed by atoms with Gasteiger partial charge in [-0.2, -0.15) is 0 Å². The van der Waals surface area contributed by atoms with Gasteiger partial charge in [-0.05, 0) is 50.8 Å². The second kappa shape index (κ2) is 8.83. The normalized spacial score (nSPS) is 12.6. The first-order valence-corrected chi connectivity index (χ1v) is 9.92. The summed E-state index contributed by atoms with van der Waals surface area (Å²) in [5, 5.41) is 2.80. The Labute approximate surface area is 177 Å². The van der Waals surface area contributed by atoms with Crippen LogP contribution in [0.5, 0.6) is 0 Å². The first kappa shape index (κ1) is 23.3. The number of pyridine rings is 1. The van der Waals surface area contributed by atoms with Gasteiger partial charge >= 0.3 is 0 Å². The van der Waals surface area contributed by atoms with Crippen LogP contribution in [0.2, 0.25) is 0 Å². The minimum absolute atomic E-state index is 0.141. The topological polar surface area (TPSA) is 106 Å². The van der Waals surface area contributed by atoms with E-state index in [1.54, 1.807) is 40.0 Å². The molecular weight excluding hydrogens is 381 g/mol. The molecule has 162 valence electrons. The summed E-state index contributed by atoms with van der Waals surface area (Å²) in [4.78, 5) is 16.2. The van der Waals surface area contributed by atoms with E-state index in [2.05, 4.69) is 29.6 Å². The molecule has 0 unspecified atom stereocenters. The number of nitrogens with zero attached hydrogens (tertiary/aromatic N) is 1. The second-order valence-electron chi connectivity index (χ2n) is 8.42. The molecule has 0 bridgehead atoms. The third-order valence-corrected chi connectivity index (χ3v) is 5.17. The van der Waals surface area contributed by atoms with E-state index < -0.39 is 5.54 Å². The molecule has 6 N–H and O–H groups in total. The number of hydrazine groups is 1. The maximum absolute atomic E-state index is 15.4. The summed E-state index contributed by atoms with van der Waals surface area (Å²) in [6, 6.07) is 5.55. The molecule has 0 saturated heterocycles. The van der Waals surface area contributed by atoms with Crippen molar-refractivity contribution in [1.29, 1.82) is 0 Å². The molecule has 1 aromatic heterocycles. The molecule has 1 aromatic carbocycles. The molecular formula is C23H32FN5O. The van der Waals surface area contributed by atoms with E-state index in [0.717, 1.165) is 11.1 Å². The lowest BCUT2D eigenvalue weighted by atomic mass is 9.87. The van der Waals surface area contributed by atoms with Crippen LogP contribution in [0.3, 0.4) is 0 Å². The molecule has 0 aliphatic rings. The minimum atomic E-state index is -0.831. The van der Waals surface area contributed by atoms with Gasteiger partial charge in [0.1, 0.15) is 5.82 Å². The monoisotopic (exact) mass is 413 g/mol. The van der Waals surface area contributed by atoms with E-state index >= 15 is 4.39 Å². The summed E-state index contributed by atoms with van der Waals surface area (Å²) in [5.74, 6) is 5.20. The molecule has 7 heteroatoms. The van der Waals surface area contributed by atoms with Gasteiger partial charge in [0, 0.05) is 35.5 Å². The van der Waals surface area contributed by atoms with Crippen LogP contribution in [-0.2, 0) is 10.3 Å². The van der Waals surface area contributed by atoms with Crippen molar-refractivity contribution in [3.8, 4) is 11.3 Å². The van der Waals surface area contributed by atoms with E-state index in [0.29, 0.717) is 33.8 Å². The van der Waals surface area contributed by atoms with Crippen LogP contribution in [0.1, 0.15) is 69.7 Å². The number of carbonyl (C=O) groups is 1. The van der Waals surface area contributed by atoms with Crippen LogP contribution in [0.25, 0.3) is 17.0 Å². The highest BCUT2D eigenvalue weighted by Gasteiger charge is 2.27. The number of amides is 1. The zero-order chi connectivity index (χ0) is 22.8. The van der Waals surface area contributed by atoms with Crippen LogP contribution in [0.4, 0.5) is 4.39 Å². The first-order valence-electron chi connectivity index (χ1n) is 9.92. The summed E-state index contributed by atoms with van der Waals surface area (Å²) in [5.41, 5.74) is 12.9. The average molecular weight is 414 g/mol. The van der Waals surface area contributed by atoms with Gasteiger partial charge in [0.15, 0.2) is 0 Å². The van der Waals surface area contributed by atoms with E-state index in [-0.39, 0.29) is 17.6 Å². The molecule has 0 aliphatic carbocycles. The largest absolute Gasteiger partial charge is 0.401 e. The quantitative estimate of drug-likeness (QED) is 0.426. The molecule has 0 saturated carbocycles. The van der Waals surface area contributed by atoms with E-state index in [9.17, 15) is 4.79 Å². The summed E-state index contributed by atoms with van der Waals surface area (Å²) >= 11 is 0. The van der Waals surface area contributed by atoms with Gasteiger partial charge < -0.3 is 16.5 Å². The molecule has 2 aromatic rings. The van der Waals surface area contributed by atoms with Crippen molar-refractivity contribution in [3.63, 3.8) is 0 Å². The summed E-state index contributed by atoms with van der Waals surface area (Å²) in [6.45, 7) is 12.6. The van der Waals surface area contributed by atoms with Gasteiger partial charge in [0.05, 0.1) is 16.9 Å². The Morgan fingerprint density at radius 3 is 2.37 bits per heavy atom. The number of benzene rings is 1. The first-order chi connectivity index (χ1) is 13.9. The molecule has 30 heavy (non-hydrogen) atoms. The lowest BCUT2D eigenvalue weighted by molar-refractivity contribution is -0.120. The van der Waals surface area contributed by atoms with Crippen LogP contribution < -0.4 is 22.3 Å². The van der Waals surface area contributed by atoms with E-state index in [1.807, 2.05) is 12.1 Å². The van der Waals surface area contributed by atoms with Crippen molar-refractivity contribution in [1.82, 2.24) is 15.7 Å². The number of nitrogens with one attached hydrogen (secondary N) is 2. The maximum Gasteiger partial charge on any atom is 0.217 e. The van der Waals surface area contributed by atoms with Crippen LogP contribution in [-0.4, -0.2) is 10.9 Å². The van der Waals surface area contributed by atoms with Crippen molar-refractivity contribution in [2.24, 2.45) is 11.6 Å². The Morgan fingerprint density at radius 2 is 1.87 bits per heavy atom. The summed E-state index contributed by atoms with van der Waals surface area (Å²) in [7, 11) is 0. The van der Waals surface area contributed by atoms with Crippen LogP contribution in [0, 0.1) is 12.7 Å². The molecule has 1 heterocycles. The SMILES string of the molecule is CC(=O)NC(C)(C)c1ccc(-c2ncc(/C(NN)=C(\C)N)cc2C(C)C)c(C)c1F.